The lowest BCUT2D eigenvalue weighted by molar-refractivity contribution is -0.155. The van der Waals surface area contributed by atoms with Gasteiger partial charge in [0.15, 0.2) is 11.5 Å². The molecule has 0 saturated heterocycles. The Morgan fingerprint density at radius 3 is 2.32 bits per heavy atom. The fourth-order valence-corrected chi connectivity index (χ4v) is 3.47. The Kier molecular flexibility index (Phi) is 2.85. The third kappa shape index (κ3) is 1.69. The summed E-state index contributed by atoms with van der Waals surface area (Å²) in [6.07, 6.45) is -5.76. The molecule has 4 rings (SSSR count). The number of rotatable bonds is 0. The average Bonchev–Trinajstić information content (AvgIpc) is 2.96. The smallest absolute Gasteiger partial charge is 0.252 e. The molecule has 1 aromatic carbocycles. The van der Waals surface area contributed by atoms with Crippen LogP contribution in [0.3, 0.4) is 0 Å². The van der Waals surface area contributed by atoms with Crippen molar-refractivity contribution in [3.05, 3.63) is 23.3 Å². The van der Waals surface area contributed by atoms with Crippen LogP contribution in [0.2, 0.25) is 0 Å². The molecule has 2 aliphatic heterocycles. The normalized spacial score (nSPS) is 39.0. The maximum atomic E-state index is 12.2. The van der Waals surface area contributed by atoms with Crippen molar-refractivity contribution in [3.8, 4) is 11.5 Å². The van der Waals surface area contributed by atoms with E-state index < -0.39 is 42.3 Å². The first-order chi connectivity index (χ1) is 10.5. The minimum atomic E-state index is -1.54. The van der Waals surface area contributed by atoms with Gasteiger partial charge in [-0.2, -0.15) is 0 Å². The zero-order chi connectivity index (χ0) is 15.6. The number of hydrogen-bond acceptors (Lipinski definition) is 7. The number of fused-ring (bicyclic) bond motifs is 4. The second-order valence-electron chi connectivity index (χ2n) is 5.78. The minimum absolute atomic E-state index is 0.0421. The van der Waals surface area contributed by atoms with Gasteiger partial charge in [0.2, 0.25) is 6.79 Å². The molecule has 0 radical (unpaired) electrons. The highest BCUT2D eigenvalue weighted by Crippen LogP contribution is 2.44. The maximum Gasteiger partial charge on any atom is 0.252 e. The summed E-state index contributed by atoms with van der Waals surface area (Å²) < 4.78 is 10.5. The summed E-state index contributed by atoms with van der Waals surface area (Å²) in [5, 5.41) is 42.7. The summed E-state index contributed by atoms with van der Waals surface area (Å²) in [5.41, 5.74) is 0.746. The number of carbonyl (C=O) groups is 1. The Morgan fingerprint density at radius 1 is 0.955 bits per heavy atom. The van der Waals surface area contributed by atoms with E-state index in [1.54, 1.807) is 6.07 Å². The number of aliphatic hydroxyl groups is 4. The zero-order valence-electron chi connectivity index (χ0n) is 11.3. The molecule has 118 valence electrons. The first-order valence-electron chi connectivity index (χ1n) is 6.95. The number of carbonyl (C=O) groups excluding carboxylic acids is 1. The van der Waals surface area contributed by atoms with Crippen molar-refractivity contribution in [1.82, 2.24) is 5.32 Å². The van der Waals surface area contributed by atoms with Crippen molar-refractivity contribution in [2.45, 2.75) is 36.4 Å². The predicted octanol–water partition coefficient (Wildman–Crippen LogP) is -1.93. The van der Waals surface area contributed by atoms with E-state index in [4.69, 9.17) is 9.47 Å². The SMILES string of the molecule is O=C1N[C@@H]2C(c3cc4c(cc31)OCO4)[C@@H](O)[C@@H](O)[C@@H](O)C2O. The lowest BCUT2D eigenvalue weighted by Crippen LogP contribution is -2.66. The van der Waals surface area contributed by atoms with Gasteiger partial charge in [-0.15, -0.1) is 0 Å². The molecule has 1 amide bonds. The van der Waals surface area contributed by atoms with Crippen molar-refractivity contribution >= 4 is 5.91 Å². The lowest BCUT2D eigenvalue weighted by atomic mass is 9.70. The van der Waals surface area contributed by atoms with Crippen molar-refractivity contribution in [2.24, 2.45) is 0 Å². The van der Waals surface area contributed by atoms with Crippen LogP contribution < -0.4 is 14.8 Å². The Labute approximate surface area is 124 Å². The first kappa shape index (κ1) is 13.8. The number of nitrogens with one attached hydrogen (secondary N) is 1. The van der Waals surface area contributed by atoms with E-state index >= 15 is 0 Å². The van der Waals surface area contributed by atoms with Crippen molar-refractivity contribution in [1.29, 1.82) is 0 Å². The predicted molar refractivity (Wildman–Crippen MR) is 70.6 cm³/mol. The second kappa shape index (κ2) is 4.56. The molecule has 1 fully saturated rings. The molecule has 0 aromatic heterocycles. The molecule has 5 N–H and O–H groups in total. The van der Waals surface area contributed by atoms with Crippen LogP contribution in [0.25, 0.3) is 0 Å². The molecular formula is C14H15NO7. The van der Waals surface area contributed by atoms with E-state index in [1.165, 1.54) is 6.07 Å². The lowest BCUT2D eigenvalue weighted by Gasteiger charge is -2.47. The van der Waals surface area contributed by atoms with Gasteiger partial charge in [0.05, 0.1) is 12.1 Å². The Bertz CT molecular complexity index is 648. The van der Waals surface area contributed by atoms with Crippen LogP contribution in [-0.4, -0.2) is 63.6 Å². The molecular weight excluding hydrogens is 294 g/mol. The van der Waals surface area contributed by atoms with E-state index in [2.05, 4.69) is 5.32 Å². The van der Waals surface area contributed by atoms with Crippen LogP contribution in [0.15, 0.2) is 12.1 Å². The average molecular weight is 309 g/mol. The largest absolute Gasteiger partial charge is 0.454 e. The van der Waals surface area contributed by atoms with Gasteiger partial charge in [-0.25, -0.2) is 0 Å². The first-order valence-corrected chi connectivity index (χ1v) is 6.95. The Balaban J connectivity index is 1.86. The highest BCUT2D eigenvalue weighted by molar-refractivity contribution is 5.98. The second-order valence-corrected chi connectivity index (χ2v) is 5.78. The summed E-state index contributed by atoms with van der Waals surface area (Å²) in [4.78, 5) is 12.2. The fourth-order valence-electron chi connectivity index (χ4n) is 3.47. The van der Waals surface area contributed by atoms with Gasteiger partial charge < -0.3 is 35.2 Å². The molecule has 8 nitrogen and oxygen atoms in total. The highest BCUT2D eigenvalue weighted by Gasteiger charge is 2.52. The molecule has 1 aliphatic carbocycles. The van der Waals surface area contributed by atoms with Gasteiger partial charge in [0, 0.05) is 11.5 Å². The molecule has 3 aliphatic rings. The van der Waals surface area contributed by atoms with E-state index in [0.717, 1.165) is 0 Å². The van der Waals surface area contributed by atoms with Gasteiger partial charge in [-0.3, -0.25) is 4.79 Å². The van der Waals surface area contributed by atoms with Crippen molar-refractivity contribution < 1.29 is 34.7 Å². The molecule has 6 atom stereocenters. The highest BCUT2D eigenvalue weighted by atomic mass is 16.7. The minimum Gasteiger partial charge on any atom is -0.454 e. The Morgan fingerprint density at radius 2 is 1.59 bits per heavy atom. The van der Waals surface area contributed by atoms with Crippen LogP contribution in [0.4, 0.5) is 0 Å². The standard InChI is InChI=1S/C14H15NO7/c16-10-8-4-1-6-7(22-3-21-6)2-5(4)14(20)15-9(8)11(17)13(19)12(10)18/h1-2,8-13,16-19H,3H2,(H,15,20)/t8?,9-,10-,11?,12-,13+/m1/s1. The van der Waals surface area contributed by atoms with Gasteiger partial charge >= 0.3 is 0 Å². The topological polar surface area (TPSA) is 128 Å². The number of amides is 1. The van der Waals surface area contributed by atoms with E-state index in [1.807, 2.05) is 0 Å². The van der Waals surface area contributed by atoms with E-state index in [-0.39, 0.29) is 6.79 Å². The molecule has 2 unspecified atom stereocenters. The summed E-state index contributed by atoms with van der Waals surface area (Å²) in [7, 11) is 0. The molecule has 0 spiro atoms. The van der Waals surface area contributed by atoms with Crippen molar-refractivity contribution in [2.75, 3.05) is 6.79 Å². The molecule has 0 bridgehead atoms. The Hall–Kier alpha value is -1.87. The number of ether oxygens (including phenoxy) is 2. The van der Waals surface area contributed by atoms with Crippen LogP contribution in [0, 0.1) is 0 Å². The number of hydrogen-bond donors (Lipinski definition) is 5. The zero-order valence-corrected chi connectivity index (χ0v) is 11.3. The third-order valence-electron chi connectivity index (χ3n) is 4.62. The van der Waals surface area contributed by atoms with Gasteiger partial charge in [-0.1, -0.05) is 0 Å². The van der Waals surface area contributed by atoms with Crippen LogP contribution in [0.1, 0.15) is 21.8 Å². The molecule has 2 heterocycles. The summed E-state index contributed by atoms with van der Waals surface area (Å²) in [5.74, 6) is -0.326. The van der Waals surface area contributed by atoms with E-state index in [9.17, 15) is 25.2 Å². The maximum absolute atomic E-state index is 12.2. The fraction of sp³-hybridized carbons (Fsp3) is 0.500. The van der Waals surface area contributed by atoms with Gasteiger partial charge in [0.1, 0.15) is 18.3 Å². The van der Waals surface area contributed by atoms with Crippen LogP contribution in [0.5, 0.6) is 11.5 Å². The van der Waals surface area contributed by atoms with Gasteiger partial charge in [0.25, 0.3) is 5.91 Å². The summed E-state index contributed by atoms with van der Waals surface area (Å²) in [6.45, 7) is 0.0421. The molecule has 8 heteroatoms. The quantitative estimate of drug-likeness (QED) is 0.377. The van der Waals surface area contributed by atoms with Crippen LogP contribution in [-0.2, 0) is 0 Å². The number of benzene rings is 1. The summed E-state index contributed by atoms with van der Waals surface area (Å²) in [6, 6.07) is 2.20. The van der Waals surface area contributed by atoms with Crippen molar-refractivity contribution in [3.63, 3.8) is 0 Å². The molecule has 22 heavy (non-hydrogen) atoms. The van der Waals surface area contributed by atoms with Crippen LogP contribution >= 0.6 is 0 Å². The molecule has 1 aromatic rings. The summed E-state index contributed by atoms with van der Waals surface area (Å²) >= 11 is 0. The number of aliphatic hydroxyl groups excluding tert-OH is 4. The van der Waals surface area contributed by atoms with E-state index in [0.29, 0.717) is 22.6 Å². The molecule has 1 saturated carbocycles. The third-order valence-corrected chi connectivity index (χ3v) is 4.62. The monoisotopic (exact) mass is 309 g/mol. The van der Waals surface area contributed by atoms with Gasteiger partial charge in [-0.05, 0) is 17.7 Å².